The Bertz CT molecular complexity index is 743. The van der Waals surface area contributed by atoms with Crippen LogP contribution in [-0.4, -0.2) is 21.8 Å². The predicted molar refractivity (Wildman–Crippen MR) is 86.0 cm³/mol. The summed E-state index contributed by atoms with van der Waals surface area (Å²) in [5.41, 5.74) is 2.51. The van der Waals surface area contributed by atoms with Gasteiger partial charge in [-0.05, 0) is 31.2 Å². The molecule has 5 nitrogen and oxygen atoms in total. The number of halogens is 1. The average molecular weight is 360 g/mol. The van der Waals surface area contributed by atoms with Gasteiger partial charge >= 0.3 is 0 Å². The first-order valence-corrected chi connectivity index (χ1v) is 7.57. The molecule has 2 aromatic rings. The second kappa shape index (κ2) is 5.88. The summed E-state index contributed by atoms with van der Waals surface area (Å²) >= 11 is 3.43. The molecular weight excluding hydrogens is 346 g/mol. The predicted octanol–water partition coefficient (Wildman–Crippen LogP) is 3.39. The first kappa shape index (κ1) is 14.7. The van der Waals surface area contributed by atoms with Gasteiger partial charge < -0.3 is 4.74 Å². The topological polar surface area (TPSA) is 54.8 Å². The van der Waals surface area contributed by atoms with E-state index in [-0.39, 0.29) is 5.91 Å². The second-order valence-corrected chi connectivity index (χ2v) is 5.90. The maximum atomic E-state index is 11.9. The fourth-order valence-electron chi connectivity index (χ4n) is 2.15. The average Bonchev–Trinajstić information content (AvgIpc) is 2.93. The molecule has 0 spiro atoms. The van der Waals surface area contributed by atoms with Crippen LogP contribution in [0.4, 0.5) is 0 Å². The van der Waals surface area contributed by atoms with E-state index in [4.69, 9.17) is 4.74 Å². The number of aryl methyl sites for hydroxylation is 1. The Balaban J connectivity index is 1.94. The molecule has 22 heavy (non-hydrogen) atoms. The number of hydrogen-bond donors (Lipinski definition) is 0. The van der Waals surface area contributed by atoms with E-state index in [1.807, 2.05) is 43.3 Å². The molecule has 1 aromatic carbocycles. The molecule has 2 heterocycles. The Morgan fingerprint density at radius 3 is 2.77 bits per heavy atom. The molecule has 1 aliphatic rings. The van der Waals surface area contributed by atoms with Crippen LogP contribution in [0.25, 0.3) is 0 Å². The minimum Gasteiger partial charge on any atom is -0.446 e. The monoisotopic (exact) mass is 359 g/mol. The van der Waals surface area contributed by atoms with E-state index in [1.165, 1.54) is 11.9 Å². The fourth-order valence-corrected chi connectivity index (χ4v) is 2.57. The molecule has 0 unspecified atom stereocenters. The molecule has 0 saturated carbocycles. The Morgan fingerprint density at radius 1 is 1.32 bits per heavy atom. The van der Waals surface area contributed by atoms with Gasteiger partial charge in [0.25, 0.3) is 0 Å². The molecule has 1 aromatic heterocycles. The summed E-state index contributed by atoms with van der Waals surface area (Å²) in [6.07, 6.45) is 1.13. The van der Waals surface area contributed by atoms with Crippen molar-refractivity contribution in [2.24, 2.45) is 5.10 Å². The summed E-state index contributed by atoms with van der Waals surface area (Å²) in [6, 6.07) is 11.4. The summed E-state index contributed by atoms with van der Waals surface area (Å²) in [5.74, 6) is 0.215. The van der Waals surface area contributed by atoms with Crippen LogP contribution in [0.5, 0.6) is 0 Å². The molecule has 1 amide bonds. The summed E-state index contributed by atoms with van der Waals surface area (Å²) in [7, 11) is 0. The third-order valence-electron chi connectivity index (χ3n) is 3.26. The van der Waals surface area contributed by atoms with Crippen LogP contribution in [0.2, 0.25) is 0 Å². The maximum absolute atomic E-state index is 11.9. The lowest BCUT2D eigenvalue weighted by atomic mass is 10.2. The van der Waals surface area contributed by atoms with E-state index < -0.39 is 6.23 Å². The standard InChI is InChI=1S/C16H14BrN3O2/c1-10-6-7-13(9-18-10)15-19-20(11(2)21)16(22-15)12-4-3-5-14(17)8-12/h3-9,16H,1-2H3/t16-/m1/s1. The van der Waals surface area contributed by atoms with Crippen LogP contribution in [0.15, 0.2) is 52.2 Å². The molecule has 1 aliphatic heterocycles. The smallest absolute Gasteiger partial charge is 0.243 e. The Morgan fingerprint density at radius 2 is 2.14 bits per heavy atom. The van der Waals surface area contributed by atoms with Gasteiger partial charge in [-0.2, -0.15) is 5.01 Å². The molecule has 0 N–H and O–H groups in total. The van der Waals surface area contributed by atoms with Crippen molar-refractivity contribution in [3.8, 4) is 0 Å². The van der Waals surface area contributed by atoms with E-state index in [0.717, 1.165) is 21.3 Å². The number of carbonyl (C=O) groups is 1. The molecule has 3 rings (SSSR count). The van der Waals surface area contributed by atoms with Gasteiger partial charge in [0.15, 0.2) is 0 Å². The molecule has 0 bridgehead atoms. The number of aromatic nitrogens is 1. The minimum atomic E-state index is -0.564. The zero-order valence-corrected chi connectivity index (χ0v) is 13.7. The molecule has 112 valence electrons. The molecule has 0 saturated heterocycles. The highest BCUT2D eigenvalue weighted by molar-refractivity contribution is 9.10. The van der Waals surface area contributed by atoms with Gasteiger partial charge in [0, 0.05) is 28.9 Å². The van der Waals surface area contributed by atoms with Gasteiger partial charge in [-0.1, -0.05) is 28.1 Å². The highest BCUT2D eigenvalue weighted by Crippen LogP contribution is 2.31. The van der Waals surface area contributed by atoms with Crippen molar-refractivity contribution in [2.45, 2.75) is 20.1 Å². The highest BCUT2D eigenvalue weighted by Gasteiger charge is 2.33. The van der Waals surface area contributed by atoms with Crippen molar-refractivity contribution in [3.05, 3.63) is 63.9 Å². The number of benzene rings is 1. The Labute approximate surface area is 136 Å². The lowest BCUT2D eigenvalue weighted by molar-refractivity contribution is -0.135. The van der Waals surface area contributed by atoms with Crippen LogP contribution in [0.1, 0.15) is 30.0 Å². The zero-order chi connectivity index (χ0) is 15.7. The second-order valence-electron chi connectivity index (χ2n) is 4.98. The number of rotatable bonds is 2. The normalized spacial score (nSPS) is 17.1. The van der Waals surface area contributed by atoms with Crippen molar-refractivity contribution in [3.63, 3.8) is 0 Å². The van der Waals surface area contributed by atoms with E-state index in [9.17, 15) is 4.79 Å². The van der Waals surface area contributed by atoms with E-state index in [1.54, 1.807) is 6.20 Å². The lowest BCUT2D eigenvalue weighted by Crippen LogP contribution is -2.25. The van der Waals surface area contributed by atoms with Crippen molar-refractivity contribution in [1.29, 1.82) is 0 Å². The van der Waals surface area contributed by atoms with E-state index in [2.05, 4.69) is 26.0 Å². The van der Waals surface area contributed by atoms with Gasteiger partial charge in [-0.3, -0.25) is 9.78 Å². The van der Waals surface area contributed by atoms with Crippen molar-refractivity contribution < 1.29 is 9.53 Å². The minimum absolute atomic E-state index is 0.181. The highest BCUT2D eigenvalue weighted by atomic mass is 79.9. The quantitative estimate of drug-likeness (QED) is 0.825. The van der Waals surface area contributed by atoms with Crippen molar-refractivity contribution >= 4 is 27.7 Å². The van der Waals surface area contributed by atoms with Crippen LogP contribution >= 0.6 is 15.9 Å². The zero-order valence-electron chi connectivity index (χ0n) is 12.2. The Kier molecular flexibility index (Phi) is 3.94. The van der Waals surface area contributed by atoms with Gasteiger partial charge in [0.1, 0.15) is 0 Å². The van der Waals surface area contributed by atoms with E-state index >= 15 is 0 Å². The van der Waals surface area contributed by atoms with Crippen molar-refractivity contribution in [2.75, 3.05) is 0 Å². The van der Waals surface area contributed by atoms with Crippen LogP contribution in [0, 0.1) is 6.92 Å². The Hall–Kier alpha value is -2.21. The maximum Gasteiger partial charge on any atom is 0.243 e. The molecular formula is C16H14BrN3O2. The van der Waals surface area contributed by atoms with Crippen LogP contribution < -0.4 is 0 Å². The molecule has 0 aliphatic carbocycles. The molecule has 6 heteroatoms. The number of amides is 1. The first-order chi connectivity index (χ1) is 10.5. The largest absolute Gasteiger partial charge is 0.446 e. The van der Waals surface area contributed by atoms with Gasteiger partial charge in [-0.25, -0.2) is 0 Å². The third kappa shape index (κ3) is 2.87. The summed E-state index contributed by atoms with van der Waals surface area (Å²) in [5, 5.41) is 5.64. The number of hydrogen-bond acceptors (Lipinski definition) is 4. The molecule has 1 atom stereocenters. The molecule has 0 fully saturated rings. The molecule has 0 radical (unpaired) electrons. The summed E-state index contributed by atoms with van der Waals surface area (Å²) in [4.78, 5) is 16.1. The van der Waals surface area contributed by atoms with Crippen LogP contribution in [0.3, 0.4) is 0 Å². The number of carbonyl (C=O) groups excluding carboxylic acids is 1. The van der Waals surface area contributed by atoms with Gasteiger partial charge in [0.05, 0.1) is 5.56 Å². The first-order valence-electron chi connectivity index (χ1n) is 6.78. The fraction of sp³-hybridized carbons (Fsp3) is 0.188. The van der Waals surface area contributed by atoms with Crippen LogP contribution in [-0.2, 0) is 9.53 Å². The number of nitrogens with zero attached hydrogens (tertiary/aromatic N) is 3. The number of pyridine rings is 1. The third-order valence-corrected chi connectivity index (χ3v) is 3.75. The van der Waals surface area contributed by atoms with Crippen molar-refractivity contribution in [1.82, 2.24) is 9.99 Å². The van der Waals surface area contributed by atoms with Gasteiger partial charge in [0.2, 0.25) is 18.0 Å². The number of hydrazone groups is 1. The lowest BCUT2D eigenvalue weighted by Gasteiger charge is -2.19. The van der Waals surface area contributed by atoms with Gasteiger partial charge in [-0.15, -0.1) is 5.10 Å². The summed E-state index contributed by atoms with van der Waals surface area (Å²) in [6.45, 7) is 3.38. The number of ether oxygens (including phenoxy) is 1. The van der Waals surface area contributed by atoms with E-state index in [0.29, 0.717) is 5.90 Å². The summed E-state index contributed by atoms with van der Waals surface area (Å²) < 4.78 is 6.82. The SMILES string of the molecule is CC(=O)N1N=C(c2ccc(C)nc2)O[C@@H]1c1cccc(Br)c1.